The second-order valence-corrected chi connectivity index (χ2v) is 3.91. The van der Waals surface area contributed by atoms with Crippen LogP contribution in [0.5, 0.6) is 0 Å². The fourth-order valence-electron chi connectivity index (χ4n) is 2.03. The Morgan fingerprint density at radius 3 is 2.75 bits per heavy atom. The summed E-state index contributed by atoms with van der Waals surface area (Å²) < 4.78 is 0. The molecule has 0 spiro atoms. The Morgan fingerprint density at radius 1 is 1.42 bits per heavy atom. The summed E-state index contributed by atoms with van der Waals surface area (Å²) in [5.41, 5.74) is 0. The number of aliphatic hydroxyl groups is 1. The van der Waals surface area contributed by atoms with Gasteiger partial charge in [0, 0.05) is 25.0 Å². The summed E-state index contributed by atoms with van der Waals surface area (Å²) in [4.78, 5) is 11.1. The maximum absolute atomic E-state index is 11.1. The van der Waals surface area contributed by atoms with Crippen LogP contribution in [0, 0.1) is 11.8 Å². The van der Waals surface area contributed by atoms with Crippen molar-refractivity contribution in [3.05, 3.63) is 0 Å². The van der Waals surface area contributed by atoms with Gasteiger partial charge in [0.25, 0.3) is 0 Å². The van der Waals surface area contributed by atoms with E-state index in [1.165, 1.54) is 12.8 Å². The maximum Gasteiger partial charge on any atom is 0.220 e. The summed E-state index contributed by atoms with van der Waals surface area (Å²) in [6.45, 7) is 0.224. The number of hydrogen-bond donors (Lipinski definition) is 2. The van der Waals surface area contributed by atoms with Gasteiger partial charge in [-0.1, -0.05) is 0 Å². The SMILES string of the molecule is O=C1CC[C@H](CO)[C@@H](C2CC2)N1. The molecule has 3 nitrogen and oxygen atoms in total. The van der Waals surface area contributed by atoms with Crippen molar-refractivity contribution >= 4 is 5.91 Å². The van der Waals surface area contributed by atoms with Gasteiger partial charge in [0.15, 0.2) is 0 Å². The van der Waals surface area contributed by atoms with Crippen LogP contribution in [0.3, 0.4) is 0 Å². The molecule has 2 rings (SSSR count). The van der Waals surface area contributed by atoms with Gasteiger partial charge in [0.05, 0.1) is 0 Å². The van der Waals surface area contributed by atoms with E-state index >= 15 is 0 Å². The van der Waals surface area contributed by atoms with Crippen LogP contribution in [0.25, 0.3) is 0 Å². The molecule has 68 valence electrons. The maximum atomic E-state index is 11.1. The van der Waals surface area contributed by atoms with Gasteiger partial charge in [-0.05, 0) is 25.2 Å². The molecule has 0 unspecified atom stereocenters. The van der Waals surface area contributed by atoms with Crippen LogP contribution in [0.2, 0.25) is 0 Å². The summed E-state index contributed by atoms with van der Waals surface area (Å²) in [6, 6.07) is 0.274. The number of piperidine rings is 1. The van der Waals surface area contributed by atoms with Crippen LogP contribution in [0.4, 0.5) is 0 Å². The first-order chi connectivity index (χ1) is 5.81. The van der Waals surface area contributed by atoms with Gasteiger partial charge in [-0.25, -0.2) is 0 Å². The lowest BCUT2D eigenvalue weighted by Crippen LogP contribution is -2.47. The zero-order valence-electron chi connectivity index (χ0n) is 7.12. The van der Waals surface area contributed by atoms with Crippen molar-refractivity contribution in [1.82, 2.24) is 5.32 Å². The molecule has 1 aliphatic carbocycles. The van der Waals surface area contributed by atoms with E-state index in [0.29, 0.717) is 18.3 Å². The molecule has 0 bridgehead atoms. The summed E-state index contributed by atoms with van der Waals surface area (Å²) >= 11 is 0. The van der Waals surface area contributed by atoms with E-state index in [0.717, 1.165) is 6.42 Å². The van der Waals surface area contributed by atoms with Crippen molar-refractivity contribution in [3.8, 4) is 0 Å². The minimum atomic E-state index is 0.164. The van der Waals surface area contributed by atoms with Crippen molar-refractivity contribution in [1.29, 1.82) is 0 Å². The minimum absolute atomic E-state index is 0.164. The number of hydrogen-bond acceptors (Lipinski definition) is 2. The van der Waals surface area contributed by atoms with Gasteiger partial charge in [-0.3, -0.25) is 4.79 Å². The first-order valence-electron chi connectivity index (χ1n) is 4.71. The van der Waals surface area contributed by atoms with E-state index in [1.807, 2.05) is 0 Å². The Morgan fingerprint density at radius 2 is 2.17 bits per heavy atom. The number of nitrogens with one attached hydrogen (secondary N) is 1. The number of aliphatic hydroxyl groups excluding tert-OH is 1. The third-order valence-corrected chi connectivity index (χ3v) is 2.94. The monoisotopic (exact) mass is 169 g/mol. The summed E-state index contributed by atoms with van der Waals surface area (Å²) in [6.07, 6.45) is 3.90. The predicted molar refractivity (Wildman–Crippen MR) is 44.5 cm³/mol. The fraction of sp³-hybridized carbons (Fsp3) is 0.889. The summed E-state index contributed by atoms with van der Waals surface area (Å²) in [5, 5.41) is 12.1. The molecule has 2 N–H and O–H groups in total. The molecule has 0 aromatic carbocycles. The van der Waals surface area contributed by atoms with E-state index in [2.05, 4.69) is 5.32 Å². The first kappa shape index (κ1) is 8.05. The molecule has 0 radical (unpaired) electrons. The molecular weight excluding hydrogens is 154 g/mol. The lowest BCUT2D eigenvalue weighted by atomic mass is 9.88. The van der Waals surface area contributed by atoms with E-state index < -0.39 is 0 Å². The quantitative estimate of drug-likeness (QED) is 0.624. The lowest BCUT2D eigenvalue weighted by Gasteiger charge is -2.31. The van der Waals surface area contributed by atoms with Crippen molar-refractivity contribution < 1.29 is 9.90 Å². The van der Waals surface area contributed by atoms with Crippen LogP contribution in [0.15, 0.2) is 0 Å². The average molecular weight is 169 g/mol. The molecule has 1 saturated heterocycles. The average Bonchev–Trinajstić information content (AvgIpc) is 2.87. The van der Waals surface area contributed by atoms with Crippen molar-refractivity contribution in [2.24, 2.45) is 11.8 Å². The Kier molecular flexibility index (Phi) is 2.05. The molecule has 1 amide bonds. The standard InChI is InChI=1S/C9H15NO2/c11-5-7-3-4-8(12)10-9(7)6-1-2-6/h6-7,9,11H,1-5H2,(H,10,12)/t7-,9-/m1/s1. The van der Waals surface area contributed by atoms with E-state index in [9.17, 15) is 4.79 Å². The molecule has 2 fully saturated rings. The number of rotatable bonds is 2. The van der Waals surface area contributed by atoms with Crippen LogP contribution in [-0.4, -0.2) is 23.7 Å². The highest BCUT2D eigenvalue weighted by Crippen LogP contribution is 2.38. The van der Waals surface area contributed by atoms with Gasteiger partial charge in [0.1, 0.15) is 0 Å². The lowest BCUT2D eigenvalue weighted by molar-refractivity contribution is -0.125. The zero-order valence-corrected chi connectivity index (χ0v) is 7.12. The zero-order chi connectivity index (χ0) is 8.55. The van der Waals surface area contributed by atoms with Crippen LogP contribution < -0.4 is 5.32 Å². The molecule has 3 heteroatoms. The molecule has 12 heavy (non-hydrogen) atoms. The second kappa shape index (κ2) is 3.05. The molecule has 2 aliphatic rings. The number of carbonyl (C=O) groups excluding carboxylic acids is 1. The third kappa shape index (κ3) is 1.46. The van der Waals surface area contributed by atoms with Gasteiger partial charge >= 0.3 is 0 Å². The van der Waals surface area contributed by atoms with Crippen LogP contribution >= 0.6 is 0 Å². The van der Waals surface area contributed by atoms with E-state index in [-0.39, 0.29) is 18.6 Å². The van der Waals surface area contributed by atoms with Crippen LogP contribution in [-0.2, 0) is 4.79 Å². The van der Waals surface area contributed by atoms with Crippen LogP contribution in [0.1, 0.15) is 25.7 Å². The topological polar surface area (TPSA) is 49.3 Å². The van der Waals surface area contributed by atoms with Crippen molar-refractivity contribution in [2.75, 3.05) is 6.61 Å². The Labute approximate surface area is 72.2 Å². The molecule has 0 aromatic heterocycles. The Bertz CT molecular complexity index is 189. The molecule has 1 aliphatic heterocycles. The van der Waals surface area contributed by atoms with Crippen molar-refractivity contribution in [3.63, 3.8) is 0 Å². The molecule has 1 saturated carbocycles. The van der Waals surface area contributed by atoms with Gasteiger partial charge < -0.3 is 10.4 Å². The van der Waals surface area contributed by atoms with Gasteiger partial charge in [0.2, 0.25) is 5.91 Å². The molecule has 0 aromatic rings. The fourth-order valence-corrected chi connectivity index (χ4v) is 2.03. The Balaban J connectivity index is 1.98. The third-order valence-electron chi connectivity index (χ3n) is 2.94. The highest BCUT2D eigenvalue weighted by molar-refractivity contribution is 5.77. The highest BCUT2D eigenvalue weighted by Gasteiger charge is 2.39. The Hall–Kier alpha value is -0.570. The van der Waals surface area contributed by atoms with Crippen molar-refractivity contribution in [2.45, 2.75) is 31.7 Å². The van der Waals surface area contributed by atoms with E-state index in [1.54, 1.807) is 0 Å². The van der Waals surface area contributed by atoms with Gasteiger partial charge in [-0.2, -0.15) is 0 Å². The number of amides is 1. The van der Waals surface area contributed by atoms with Gasteiger partial charge in [-0.15, -0.1) is 0 Å². The molecule has 1 heterocycles. The van der Waals surface area contributed by atoms with E-state index in [4.69, 9.17) is 5.11 Å². The highest BCUT2D eigenvalue weighted by atomic mass is 16.3. The smallest absolute Gasteiger partial charge is 0.220 e. The minimum Gasteiger partial charge on any atom is -0.396 e. The second-order valence-electron chi connectivity index (χ2n) is 3.91. The predicted octanol–water partition coefficient (Wildman–Crippen LogP) is 0.283. The summed E-state index contributed by atoms with van der Waals surface area (Å²) in [5.74, 6) is 1.14. The first-order valence-corrected chi connectivity index (χ1v) is 4.71. The summed E-state index contributed by atoms with van der Waals surface area (Å²) in [7, 11) is 0. The molecular formula is C9H15NO2. The normalized spacial score (nSPS) is 36.2. The molecule has 2 atom stereocenters. The number of carbonyl (C=O) groups is 1. The largest absolute Gasteiger partial charge is 0.396 e.